The molecule has 32 heavy (non-hydrogen) atoms. The van der Waals surface area contributed by atoms with Gasteiger partial charge in [-0.1, -0.05) is 30.3 Å². The Morgan fingerprint density at radius 2 is 1.97 bits per heavy atom. The van der Waals surface area contributed by atoms with Crippen molar-refractivity contribution in [3.8, 4) is 16.9 Å². The summed E-state index contributed by atoms with van der Waals surface area (Å²) in [4.78, 5) is 31.0. The van der Waals surface area contributed by atoms with Crippen LogP contribution in [-0.2, 0) is 16.0 Å². The molecule has 1 aromatic heterocycles. The molecule has 2 aromatic carbocycles. The maximum absolute atomic E-state index is 13.8. The zero-order chi connectivity index (χ0) is 22.5. The van der Waals surface area contributed by atoms with Crippen molar-refractivity contribution in [1.29, 1.82) is 0 Å². The second-order valence-electron chi connectivity index (χ2n) is 7.40. The minimum Gasteiger partial charge on any atom is -0.481 e. The van der Waals surface area contributed by atoms with E-state index in [0.29, 0.717) is 25.6 Å². The van der Waals surface area contributed by atoms with Crippen molar-refractivity contribution >= 4 is 11.8 Å². The van der Waals surface area contributed by atoms with Gasteiger partial charge < -0.3 is 15.0 Å². The lowest BCUT2D eigenvalue weighted by Crippen LogP contribution is -2.58. The molecule has 6 nitrogen and oxygen atoms in total. The first-order chi connectivity index (χ1) is 15.5. The van der Waals surface area contributed by atoms with Gasteiger partial charge in [-0.3, -0.25) is 14.6 Å². The van der Waals surface area contributed by atoms with Gasteiger partial charge in [0.25, 0.3) is 5.91 Å². The Labute approximate surface area is 183 Å². The normalized spacial score (nSPS) is 15.9. The second kappa shape index (κ2) is 9.55. The summed E-state index contributed by atoms with van der Waals surface area (Å²) in [6.45, 7) is 0.177. The number of ether oxygens (including phenoxy) is 1. The highest BCUT2D eigenvalue weighted by molar-refractivity contribution is 5.89. The Kier molecular flexibility index (Phi) is 6.39. The number of carbonyl (C=O) groups excluding carboxylic acids is 2. The molecule has 0 radical (unpaired) electrons. The predicted molar refractivity (Wildman–Crippen MR) is 114 cm³/mol. The molecule has 3 aromatic rings. The lowest BCUT2D eigenvalue weighted by Gasteiger charge is -2.35. The van der Waals surface area contributed by atoms with Crippen LogP contribution < -0.4 is 10.1 Å². The van der Waals surface area contributed by atoms with Crippen molar-refractivity contribution in [2.24, 2.45) is 0 Å². The van der Waals surface area contributed by atoms with Crippen molar-refractivity contribution in [2.75, 3.05) is 19.7 Å². The summed E-state index contributed by atoms with van der Waals surface area (Å²) >= 11 is 0. The summed E-state index contributed by atoms with van der Waals surface area (Å²) in [7, 11) is 0. The molecular formula is C24H21F2N3O3. The van der Waals surface area contributed by atoms with Crippen LogP contribution in [0.4, 0.5) is 8.78 Å². The van der Waals surface area contributed by atoms with Crippen molar-refractivity contribution in [3.63, 3.8) is 0 Å². The SMILES string of the molecule is O=C1NCCN(C(=O)COc2ccc(F)cc2F)[C@@H]1Cc1cccc(-c2cccnc2)c1. The zero-order valence-corrected chi connectivity index (χ0v) is 17.1. The molecule has 1 aliphatic rings. The van der Waals surface area contributed by atoms with Gasteiger partial charge in [0, 0.05) is 38.0 Å². The van der Waals surface area contributed by atoms with Gasteiger partial charge in [-0.25, -0.2) is 8.78 Å². The monoisotopic (exact) mass is 437 g/mol. The highest BCUT2D eigenvalue weighted by atomic mass is 19.1. The van der Waals surface area contributed by atoms with Gasteiger partial charge in [0.05, 0.1) is 0 Å². The van der Waals surface area contributed by atoms with E-state index in [1.165, 1.54) is 4.90 Å². The number of hydrogen-bond donors (Lipinski definition) is 1. The third-order valence-corrected chi connectivity index (χ3v) is 5.25. The third-order valence-electron chi connectivity index (χ3n) is 5.25. The van der Waals surface area contributed by atoms with E-state index in [1.54, 1.807) is 12.4 Å². The van der Waals surface area contributed by atoms with Gasteiger partial charge in [-0.15, -0.1) is 0 Å². The molecule has 0 aliphatic carbocycles. The summed E-state index contributed by atoms with van der Waals surface area (Å²) < 4.78 is 32.1. The van der Waals surface area contributed by atoms with Gasteiger partial charge in [-0.05, 0) is 34.9 Å². The number of hydrogen-bond acceptors (Lipinski definition) is 4. The minimum atomic E-state index is -0.891. The summed E-state index contributed by atoms with van der Waals surface area (Å²) in [5.74, 6) is -2.55. The van der Waals surface area contributed by atoms with Crippen LogP contribution >= 0.6 is 0 Å². The first-order valence-electron chi connectivity index (χ1n) is 10.2. The fraction of sp³-hybridized carbons (Fsp3) is 0.208. The summed E-state index contributed by atoms with van der Waals surface area (Å²) in [6, 6.07) is 13.6. The van der Waals surface area contributed by atoms with Crippen LogP contribution in [0, 0.1) is 11.6 Å². The number of benzene rings is 2. The Hall–Kier alpha value is -3.81. The largest absolute Gasteiger partial charge is 0.481 e. The fourth-order valence-electron chi connectivity index (χ4n) is 3.67. The number of piperazine rings is 1. The zero-order valence-electron chi connectivity index (χ0n) is 17.1. The molecule has 0 spiro atoms. The number of amides is 2. The number of carbonyl (C=O) groups is 2. The topological polar surface area (TPSA) is 71.5 Å². The van der Waals surface area contributed by atoms with E-state index < -0.39 is 30.2 Å². The van der Waals surface area contributed by atoms with Crippen molar-refractivity contribution in [3.05, 3.63) is 84.2 Å². The standard InChI is InChI=1S/C24H21F2N3O3/c25-19-6-7-22(20(26)13-19)32-15-23(30)29-10-9-28-24(31)21(29)12-16-3-1-4-17(11-16)18-5-2-8-27-14-18/h1-8,11,13-14,21H,9-10,12,15H2,(H,28,31)/t21-/m1/s1. The lowest BCUT2D eigenvalue weighted by molar-refractivity contribution is -0.144. The Morgan fingerprint density at radius 1 is 1.12 bits per heavy atom. The molecule has 0 unspecified atom stereocenters. The minimum absolute atomic E-state index is 0.220. The molecule has 1 N–H and O–H groups in total. The first-order valence-corrected chi connectivity index (χ1v) is 10.2. The molecule has 8 heteroatoms. The number of pyridine rings is 1. The van der Waals surface area contributed by atoms with Gasteiger partial charge >= 0.3 is 0 Å². The van der Waals surface area contributed by atoms with E-state index in [0.717, 1.165) is 28.8 Å². The van der Waals surface area contributed by atoms with Crippen LogP contribution in [0.15, 0.2) is 67.0 Å². The predicted octanol–water partition coefficient (Wildman–Crippen LogP) is 2.98. The fourth-order valence-corrected chi connectivity index (χ4v) is 3.67. The molecule has 1 fully saturated rings. The highest BCUT2D eigenvalue weighted by Gasteiger charge is 2.33. The van der Waals surface area contributed by atoms with Gasteiger partial charge in [0.1, 0.15) is 11.9 Å². The van der Waals surface area contributed by atoms with Crippen LogP contribution in [-0.4, -0.2) is 47.4 Å². The van der Waals surface area contributed by atoms with Crippen LogP contribution in [0.1, 0.15) is 5.56 Å². The molecule has 1 saturated heterocycles. The number of aromatic nitrogens is 1. The quantitative estimate of drug-likeness (QED) is 0.644. The number of nitrogens with zero attached hydrogens (tertiary/aromatic N) is 2. The van der Waals surface area contributed by atoms with E-state index in [4.69, 9.17) is 4.74 Å². The van der Waals surface area contributed by atoms with E-state index in [1.807, 2.05) is 36.4 Å². The summed E-state index contributed by atoms with van der Waals surface area (Å²) in [5.41, 5.74) is 2.79. The van der Waals surface area contributed by atoms with E-state index in [-0.39, 0.29) is 11.7 Å². The second-order valence-corrected chi connectivity index (χ2v) is 7.40. The van der Waals surface area contributed by atoms with Gasteiger partial charge in [0.2, 0.25) is 5.91 Å². The molecule has 164 valence electrons. The maximum Gasteiger partial charge on any atom is 0.261 e. The molecular weight excluding hydrogens is 416 g/mol. The Morgan fingerprint density at radius 3 is 2.75 bits per heavy atom. The van der Waals surface area contributed by atoms with Crippen molar-refractivity contribution < 1.29 is 23.1 Å². The maximum atomic E-state index is 13.8. The highest BCUT2D eigenvalue weighted by Crippen LogP contribution is 2.22. The Balaban J connectivity index is 1.48. The van der Waals surface area contributed by atoms with E-state index in [9.17, 15) is 18.4 Å². The molecule has 4 rings (SSSR count). The first kappa shape index (κ1) is 21.4. The Bertz CT molecular complexity index is 1120. The molecule has 0 bridgehead atoms. The molecule has 2 amide bonds. The number of halogens is 2. The van der Waals surface area contributed by atoms with Crippen LogP contribution in [0.5, 0.6) is 5.75 Å². The molecule has 1 aliphatic heterocycles. The third kappa shape index (κ3) is 4.91. The van der Waals surface area contributed by atoms with Gasteiger partial charge in [-0.2, -0.15) is 0 Å². The smallest absolute Gasteiger partial charge is 0.261 e. The van der Waals surface area contributed by atoms with E-state index >= 15 is 0 Å². The van der Waals surface area contributed by atoms with E-state index in [2.05, 4.69) is 10.3 Å². The van der Waals surface area contributed by atoms with Crippen LogP contribution in [0.2, 0.25) is 0 Å². The van der Waals surface area contributed by atoms with Crippen LogP contribution in [0.3, 0.4) is 0 Å². The molecule has 1 atom stereocenters. The average molecular weight is 437 g/mol. The summed E-state index contributed by atoms with van der Waals surface area (Å²) in [6.07, 6.45) is 3.77. The number of nitrogens with one attached hydrogen (secondary N) is 1. The lowest BCUT2D eigenvalue weighted by atomic mass is 9.98. The van der Waals surface area contributed by atoms with Crippen LogP contribution in [0.25, 0.3) is 11.1 Å². The molecule has 0 saturated carbocycles. The van der Waals surface area contributed by atoms with Gasteiger partial charge in [0.15, 0.2) is 18.2 Å². The summed E-state index contributed by atoms with van der Waals surface area (Å²) in [5, 5.41) is 2.79. The van der Waals surface area contributed by atoms with Crippen molar-refractivity contribution in [2.45, 2.75) is 12.5 Å². The molecule has 2 heterocycles. The van der Waals surface area contributed by atoms with Crippen molar-refractivity contribution in [1.82, 2.24) is 15.2 Å². The number of rotatable bonds is 6. The average Bonchev–Trinajstić information content (AvgIpc) is 2.80.